The molecular formula is C49H62N4O4. The summed E-state index contributed by atoms with van der Waals surface area (Å²) >= 11 is 0. The molecule has 2 aromatic carbocycles. The second-order valence-corrected chi connectivity index (χ2v) is 14.4. The van der Waals surface area contributed by atoms with E-state index in [1.165, 1.54) is 21.4 Å². The Labute approximate surface area is 340 Å². The van der Waals surface area contributed by atoms with Gasteiger partial charge in [-0.25, -0.2) is 0 Å². The molecule has 0 unspecified atom stereocenters. The van der Waals surface area contributed by atoms with Crippen molar-refractivity contribution in [3.8, 4) is 5.88 Å². The predicted molar refractivity (Wildman–Crippen MR) is 236 cm³/mol. The van der Waals surface area contributed by atoms with Crippen molar-refractivity contribution < 1.29 is 19.1 Å². The average molecular weight is 771 g/mol. The number of hydrogen-bond donors (Lipinski definition) is 0. The molecule has 57 heavy (non-hydrogen) atoms. The summed E-state index contributed by atoms with van der Waals surface area (Å²) in [6.45, 7) is 7.75. The fourth-order valence-corrected chi connectivity index (χ4v) is 6.96. The summed E-state index contributed by atoms with van der Waals surface area (Å²) in [4.78, 5) is 36.6. The number of anilines is 2. The van der Waals surface area contributed by atoms with Crippen LogP contribution in [0.2, 0.25) is 0 Å². The van der Waals surface area contributed by atoms with E-state index in [1.54, 1.807) is 0 Å². The van der Waals surface area contributed by atoms with E-state index < -0.39 is 0 Å². The Morgan fingerprint density at radius 2 is 1.37 bits per heavy atom. The number of hydrogen-bond acceptors (Lipinski definition) is 7. The topological polar surface area (TPSA) is 75.2 Å². The molecule has 2 aliphatic heterocycles. The smallest absolute Gasteiger partial charge is 0.307 e. The maximum Gasteiger partial charge on any atom is 0.307 e. The summed E-state index contributed by atoms with van der Waals surface area (Å²) in [6.07, 6.45) is 35.5. The van der Waals surface area contributed by atoms with E-state index in [1.807, 2.05) is 18.2 Å². The van der Waals surface area contributed by atoms with E-state index in [0.717, 1.165) is 89.7 Å². The van der Waals surface area contributed by atoms with Crippen LogP contribution in [0, 0.1) is 0 Å². The standard InChI is InChI=1S/C49H62N4O4/c1-2-3-4-5-6-7-8-9-10-11-12-13-14-15-16-17-18-19-20-30-48(55)57-41-53-47(54)34-32-43-31-33-46(50-49(43)53)56-40-24-23-35-51-36-38-52(39-37-51)45-29-25-27-42-26-21-22-28-44(42)45/h3-4,6-7,9-10,12-13,15-16,18-19,21-22,25-29,31,33H,2,5,8,11,14,17,20,23-24,30,32,34-41H2,1H3. The quantitative estimate of drug-likeness (QED) is 0.0540. The molecule has 3 aromatic rings. The summed E-state index contributed by atoms with van der Waals surface area (Å²) in [7, 11) is 0. The van der Waals surface area contributed by atoms with Gasteiger partial charge < -0.3 is 14.4 Å². The lowest BCUT2D eigenvalue weighted by Gasteiger charge is -2.36. The average Bonchev–Trinajstić information content (AvgIpc) is 3.24. The summed E-state index contributed by atoms with van der Waals surface area (Å²) in [6, 6.07) is 19.0. The molecule has 1 saturated heterocycles. The summed E-state index contributed by atoms with van der Waals surface area (Å²) in [5.41, 5.74) is 2.28. The van der Waals surface area contributed by atoms with E-state index >= 15 is 0 Å². The van der Waals surface area contributed by atoms with E-state index in [0.29, 0.717) is 37.6 Å². The van der Waals surface area contributed by atoms with Crippen LogP contribution >= 0.6 is 0 Å². The molecule has 302 valence electrons. The molecule has 1 amide bonds. The Kier molecular flexibility index (Phi) is 18.9. The van der Waals surface area contributed by atoms with Crippen molar-refractivity contribution in [2.24, 2.45) is 0 Å². The normalized spacial score (nSPS) is 15.5. The number of amides is 1. The molecule has 0 N–H and O–H groups in total. The minimum absolute atomic E-state index is 0.0996. The van der Waals surface area contributed by atoms with Gasteiger partial charge in [0.15, 0.2) is 6.73 Å². The number of esters is 1. The van der Waals surface area contributed by atoms with Crippen molar-refractivity contribution in [3.05, 3.63) is 133 Å². The van der Waals surface area contributed by atoms with Crippen LogP contribution in [-0.2, 0) is 20.7 Å². The van der Waals surface area contributed by atoms with Crippen LogP contribution in [0.4, 0.5) is 11.5 Å². The maximum absolute atomic E-state index is 12.8. The lowest BCUT2D eigenvalue weighted by molar-refractivity contribution is -0.144. The van der Waals surface area contributed by atoms with Gasteiger partial charge in [-0.15, -0.1) is 0 Å². The first-order valence-corrected chi connectivity index (χ1v) is 21.1. The van der Waals surface area contributed by atoms with Crippen molar-refractivity contribution in [2.75, 3.05) is 55.9 Å². The number of rotatable bonds is 23. The first-order valence-electron chi connectivity index (χ1n) is 21.1. The molecule has 1 aromatic heterocycles. The highest BCUT2D eigenvalue weighted by Gasteiger charge is 2.27. The fraction of sp³-hybridized carbons (Fsp3) is 0.408. The maximum atomic E-state index is 12.8. The second kappa shape index (κ2) is 25.1. The van der Waals surface area contributed by atoms with Gasteiger partial charge in [-0.1, -0.05) is 116 Å². The van der Waals surface area contributed by atoms with E-state index in [4.69, 9.17) is 9.47 Å². The number of nitrogens with zero attached hydrogens (tertiary/aromatic N) is 4. The zero-order valence-electron chi connectivity index (χ0n) is 34.0. The third-order valence-electron chi connectivity index (χ3n) is 10.2. The van der Waals surface area contributed by atoms with Gasteiger partial charge in [0.1, 0.15) is 5.82 Å². The summed E-state index contributed by atoms with van der Waals surface area (Å²) < 4.78 is 11.5. The summed E-state index contributed by atoms with van der Waals surface area (Å²) in [5, 5.41) is 2.61. The highest BCUT2D eigenvalue weighted by molar-refractivity contribution is 5.95. The van der Waals surface area contributed by atoms with Crippen molar-refractivity contribution in [1.29, 1.82) is 0 Å². The van der Waals surface area contributed by atoms with Gasteiger partial charge in [0.25, 0.3) is 0 Å². The predicted octanol–water partition coefficient (Wildman–Crippen LogP) is 10.5. The number of aryl methyl sites for hydroxylation is 1. The van der Waals surface area contributed by atoms with Crippen LogP contribution < -0.4 is 14.5 Å². The molecular weight excluding hydrogens is 709 g/mol. The van der Waals surface area contributed by atoms with Crippen molar-refractivity contribution in [2.45, 2.75) is 84.0 Å². The molecule has 2 aliphatic rings. The van der Waals surface area contributed by atoms with Crippen LogP contribution in [-0.4, -0.2) is 67.8 Å². The SMILES string of the molecule is CCC=CCC=CCC=CCC=CCC=CCC=CCCC(=O)OCN1C(=O)CCc2ccc(OCCCCN3CCN(c4cccc5ccccc45)CC3)nc21. The van der Waals surface area contributed by atoms with E-state index in [9.17, 15) is 9.59 Å². The monoisotopic (exact) mass is 770 g/mol. The Morgan fingerprint density at radius 3 is 2.07 bits per heavy atom. The van der Waals surface area contributed by atoms with Gasteiger partial charge in [0.05, 0.1) is 6.61 Å². The van der Waals surface area contributed by atoms with Gasteiger partial charge in [0, 0.05) is 56.2 Å². The molecule has 5 rings (SSSR count). The number of carbonyl (C=O) groups excluding carboxylic acids is 2. The second-order valence-electron chi connectivity index (χ2n) is 14.4. The van der Waals surface area contributed by atoms with Crippen molar-refractivity contribution >= 4 is 34.2 Å². The molecule has 3 heterocycles. The Morgan fingerprint density at radius 1 is 0.719 bits per heavy atom. The molecule has 8 nitrogen and oxygen atoms in total. The van der Waals surface area contributed by atoms with Crippen LogP contribution in [0.15, 0.2) is 128 Å². The Balaban J connectivity index is 0.922. The van der Waals surface area contributed by atoms with Gasteiger partial charge in [-0.2, -0.15) is 4.98 Å². The number of aromatic nitrogens is 1. The molecule has 0 aliphatic carbocycles. The molecule has 0 saturated carbocycles. The number of ether oxygens (including phenoxy) is 2. The van der Waals surface area contributed by atoms with E-state index in [2.05, 4.69) is 131 Å². The van der Waals surface area contributed by atoms with Gasteiger partial charge in [-0.05, 0) is 93.8 Å². The third-order valence-corrected chi connectivity index (χ3v) is 10.2. The van der Waals surface area contributed by atoms with Gasteiger partial charge in [0.2, 0.25) is 11.8 Å². The minimum atomic E-state index is -0.336. The first-order chi connectivity index (χ1) is 28.1. The highest BCUT2D eigenvalue weighted by atomic mass is 16.5. The lowest BCUT2D eigenvalue weighted by Crippen LogP contribution is -2.46. The number of carbonyl (C=O) groups is 2. The molecule has 0 radical (unpaired) electrons. The number of piperazine rings is 1. The molecule has 8 heteroatoms. The summed E-state index contributed by atoms with van der Waals surface area (Å²) in [5.74, 6) is 0.577. The van der Waals surface area contributed by atoms with Crippen molar-refractivity contribution in [1.82, 2.24) is 9.88 Å². The van der Waals surface area contributed by atoms with Crippen molar-refractivity contribution in [3.63, 3.8) is 0 Å². The van der Waals surface area contributed by atoms with E-state index in [-0.39, 0.29) is 25.0 Å². The third kappa shape index (κ3) is 15.0. The van der Waals surface area contributed by atoms with Crippen LogP contribution in [0.1, 0.15) is 83.1 Å². The lowest BCUT2D eigenvalue weighted by atomic mass is 10.1. The largest absolute Gasteiger partial charge is 0.478 e. The van der Waals surface area contributed by atoms with Gasteiger partial charge in [-0.3, -0.25) is 19.4 Å². The molecule has 0 atom stereocenters. The number of pyridine rings is 1. The molecule has 0 bridgehead atoms. The first kappa shape index (κ1) is 42.9. The highest BCUT2D eigenvalue weighted by Crippen LogP contribution is 2.29. The molecule has 1 fully saturated rings. The van der Waals surface area contributed by atoms with Crippen LogP contribution in [0.25, 0.3) is 10.8 Å². The number of benzene rings is 2. The number of unbranched alkanes of at least 4 members (excludes halogenated alkanes) is 1. The number of allylic oxidation sites excluding steroid dienone is 12. The number of fused-ring (bicyclic) bond motifs is 2. The minimum Gasteiger partial charge on any atom is -0.478 e. The van der Waals surface area contributed by atoms with Gasteiger partial charge >= 0.3 is 5.97 Å². The van der Waals surface area contributed by atoms with Crippen LogP contribution in [0.5, 0.6) is 5.88 Å². The Hall–Kier alpha value is -5.21. The molecule has 0 spiro atoms. The Bertz CT molecular complexity index is 1860. The van der Waals surface area contributed by atoms with Crippen LogP contribution in [0.3, 0.4) is 0 Å². The zero-order chi connectivity index (χ0) is 39.8. The fourth-order valence-electron chi connectivity index (χ4n) is 6.96. The zero-order valence-corrected chi connectivity index (χ0v) is 34.0.